The number of hydrogen-bond acceptors (Lipinski definition) is 5. The van der Waals surface area contributed by atoms with Gasteiger partial charge in [-0.25, -0.2) is 4.79 Å². The van der Waals surface area contributed by atoms with E-state index in [0.29, 0.717) is 5.56 Å². The van der Waals surface area contributed by atoms with Gasteiger partial charge in [-0.3, -0.25) is 28.8 Å². The molecule has 0 fully saturated rings. The number of nitro groups is 1. The van der Waals surface area contributed by atoms with E-state index in [0.717, 1.165) is 10.1 Å². The van der Waals surface area contributed by atoms with Gasteiger partial charge in [-0.1, -0.05) is 36.4 Å². The SMILES string of the molecule is Cc1ccc([N+](=O)[O-])cc1NC(=O)Cn1c(=O)ccn(Cc2ccccc2)c1=O. The molecule has 0 bridgehead atoms. The second kappa shape index (κ2) is 8.34. The predicted molar refractivity (Wildman–Crippen MR) is 107 cm³/mol. The van der Waals surface area contributed by atoms with Crippen LogP contribution in [0.1, 0.15) is 11.1 Å². The van der Waals surface area contributed by atoms with Crippen molar-refractivity contribution in [3.63, 3.8) is 0 Å². The molecule has 0 atom stereocenters. The van der Waals surface area contributed by atoms with Crippen molar-refractivity contribution in [1.82, 2.24) is 9.13 Å². The highest BCUT2D eigenvalue weighted by Gasteiger charge is 2.14. The van der Waals surface area contributed by atoms with Crippen LogP contribution in [-0.2, 0) is 17.9 Å². The summed E-state index contributed by atoms with van der Waals surface area (Å²) < 4.78 is 2.16. The van der Waals surface area contributed by atoms with Crippen LogP contribution in [0.15, 0.2) is 70.4 Å². The second-order valence-corrected chi connectivity index (χ2v) is 6.44. The Morgan fingerprint density at radius 2 is 1.83 bits per heavy atom. The summed E-state index contributed by atoms with van der Waals surface area (Å²) in [6, 6.07) is 14.5. The van der Waals surface area contributed by atoms with Crippen molar-refractivity contribution >= 4 is 17.3 Å². The molecular formula is C20H18N4O5. The standard InChI is InChI=1S/C20H18N4O5/c1-14-7-8-16(24(28)29)11-17(14)21-18(25)13-23-19(26)9-10-22(20(23)27)12-15-5-3-2-4-6-15/h2-11H,12-13H2,1H3,(H,21,25). The molecule has 0 saturated heterocycles. The van der Waals surface area contributed by atoms with Crippen LogP contribution in [-0.4, -0.2) is 20.0 Å². The minimum absolute atomic E-state index is 0.173. The zero-order valence-corrected chi connectivity index (χ0v) is 15.6. The lowest BCUT2D eigenvalue weighted by molar-refractivity contribution is -0.384. The molecule has 3 aromatic rings. The van der Waals surface area contributed by atoms with Crippen LogP contribution in [0.3, 0.4) is 0 Å². The van der Waals surface area contributed by atoms with Crippen molar-refractivity contribution in [2.24, 2.45) is 0 Å². The molecule has 1 N–H and O–H groups in total. The molecule has 0 spiro atoms. The van der Waals surface area contributed by atoms with Crippen molar-refractivity contribution in [3.8, 4) is 0 Å². The van der Waals surface area contributed by atoms with Crippen LogP contribution in [0.4, 0.5) is 11.4 Å². The molecule has 0 aliphatic rings. The molecule has 29 heavy (non-hydrogen) atoms. The summed E-state index contributed by atoms with van der Waals surface area (Å²) in [5.74, 6) is -0.634. The maximum atomic E-state index is 12.6. The lowest BCUT2D eigenvalue weighted by Crippen LogP contribution is -2.41. The fourth-order valence-electron chi connectivity index (χ4n) is 2.79. The minimum Gasteiger partial charge on any atom is -0.324 e. The number of aromatic nitrogens is 2. The topological polar surface area (TPSA) is 116 Å². The maximum absolute atomic E-state index is 12.6. The lowest BCUT2D eigenvalue weighted by Gasteiger charge is -2.11. The Morgan fingerprint density at radius 3 is 2.52 bits per heavy atom. The van der Waals surface area contributed by atoms with Crippen molar-refractivity contribution in [2.45, 2.75) is 20.0 Å². The number of hydrogen-bond donors (Lipinski definition) is 1. The van der Waals surface area contributed by atoms with Gasteiger partial charge in [0.2, 0.25) is 5.91 Å². The second-order valence-electron chi connectivity index (χ2n) is 6.44. The average Bonchev–Trinajstić information content (AvgIpc) is 2.69. The van der Waals surface area contributed by atoms with E-state index in [2.05, 4.69) is 5.32 Å². The molecule has 9 heteroatoms. The van der Waals surface area contributed by atoms with E-state index in [1.807, 2.05) is 30.3 Å². The van der Waals surface area contributed by atoms with Crippen molar-refractivity contribution in [2.75, 3.05) is 5.32 Å². The normalized spacial score (nSPS) is 10.5. The van der Waals surface area contributed by atoms with Crippen LogP contribution >= 0.6 is 0 Å². The highest BCUT2D eigenvalue weighted by Crippen LogP contribution is 2.21. The van der Waals surface area contributed by atoms with Crippen LogP contribution < -0.4 is 16.6 Å². The van der Waals surface area contributed by atoms with E-state index in [1.54, 1.807) is 6.92 Å². The van der Waals surface area contributed by atoms with Crippen LogP contribution in [0.25, 0.3) is 0 Å². The predicted octanol–water partition coefficient (Wildman–Crippen LogP) is 1.91. The fraction of sp³-hybridized carbons (Fsp3) is 0.150. The average molecular weight is 394 g/mol. The Hall–Kier alpha value is -4.01. The molecule has 0 unspecified atom stereocenters. The molecular weight excluding hydrogens is 376 g/mol. The van der Waals surface area contributed by atoms with Gasteiger partial charge in [-0.15, -0.1) is 0 Å². The number of carbonyl (C=O) groups excluding carboxylic acids is 1. The summed E-state index contributed by atoms with van der Waals surface area (Å²) in [6.45, 7) is 1.43. The van der Waals surface area contributed by atoms with Crippen molar-refractivity contribution in [3.05, 3.63) is 103 Å². The Morgan fingerprint density at radius 1 is 1.10 bits per heavy atom. The Kier molecular flexibility index (Phi) is 5.68. The molecule has 0 saturated carbocycles. The van der Waals surface area contributed by atoms with Crippen molar-refractivity contribution < 1.29 is 9.72 Å². The molecule has 1 amide bonds. The summed E-state index contributed by atoms with van der Waals surface area (Å²) in [4.78, 5) is 47.5. The third kappa shape index (κ3) is 4.64. The summed E-state index contributed by atoms with van der Waals surface area (Å²) in [6.07, 6.45) is 1.39. The number of nitrogens with zero attached hydrogens (tertiary/aromatic N) is 3. The molecule has 1 aromatic heterocycles. The number of benzene rings is 2. The number of aryl methyl sites for hydroxylation is 1. The van der Waals surface area contributed by atoms with E-state index in [9.17, 15) is 24.5 Å². The zero-order valence-electron chi connectivity index (χ0n) is 15.6. The number of non-ortho nitro benzene ring substituents is 1. The number of nitro benzene ring substituents is 1. The lowest BCUT2D eigenvalue weighted by atomic mass is 10.2. The summed E-state index contributed by atoms with van der Waals surface area (Å²) >= 11 is 0. The van der Waals surface area contributed by atoms with Crippen LogP contribution in [0.5, 0.6) is 0 Å². The Balaban J connectivity index is 1.83. The first-order valence-electron chi connectivity index (χ1n) is 8.74. The monoisotopic (exact) mass is 394 g/mol. The highest BCUT2D eigenvalue weighted by atomic mass is 16.6. The fourth-order valence-corrected chi connectivity index (χ4v) is 2.79. The van der Waals surface area contributed by atoms with E-state index in [1.165, 1.54) is 35.0 Å². The number of amides is 1. The summed E-state index contributed by atoms with van der Waals surface area (Å²) in [5, 5.41) is 13.4. The smallest absolute Gasteiger partial charge is 0.324 e. The van der Waals surface area contributed by atoms with E-state index >= 15 is 0 Å². The van der Waals surface area contributed by atoms with E-state index < -0.39 is 28.6 Å². The van der Waals surface area contributed by atoms with Gasteiger partial charge < -0.3 is 5.32 Å². The number of nitrogens with one attached hydrogen (secondary N) is 1. The molecule has 148 valence electrons. The van der Waals surface area contributed by atoms with Gasteiger partial charge in [-0.2, -0.15) is 0 Å². The number of carbonyl (C=O) groups is 1. The largest absolute Gasteiger partial charge is 0.331 e. The zero-order chi connectivity index (χ0) is 21.0. The Labute approximate surface area is 165 Å². The maximum Gasteiger partial charge on any atom is 0.331 e. The van der Waals surface area contributed by atoms with Gasteiger partial charge in [0, 0.05) is 24.4 Å². The number of anilines is 1. The van der Waals surface area contributed by atoms with Gasteiger partial charge in [0.15, 0.2) is 0 Å². The Bertz CT molecular complexity index is 1180. The minimum atomic E-state index is -0.634. The first-order chi connectivity index (χ1) is 13.8. The highest BCUT2D eigenvalue weighted by molar-refractivity contribution is 5.91. The van der Waals surface area contributed by atoms with Crippen molar-refractivity contribution in [1.29, 1.82) is 0 Å². The first kappa shape index (κ1) is 19.7. The van der Waals surface area contributed by atoms with Gasteiger partial charge in [0.25, 0.3) is 11.2 Å². The molecule has 1 heterocycles. The number of rotatable bonds is 6. The van der Waals surface area contributed by atoms with Gasteiger partial charge in [0.1, 0.15) is 6.54 Å². The van der Waals surface area contributed by atoms with E-state index in [4.69, 9.17) is 0 Å². The summed E-state index contributed by atoms with van der Waals surface area (Å²) in [7, 11) is 0. The molecule has 0 aliphatic carbocycles. The molecule has 9 nitrogen and oxygen atoms in total. The van der Waals surface area contributed by atoms with Crippen LogP contribution in [0.2, 0.25) is 0 Å². The molecule has 0 aliphatic heterocycles. The van der Waals surface area contributed by atoms with Gasteiger partial charge in [0.05, 0.1) is 17.2 Å². The first-order valence-corrected chi connectivity index (χ1v) is 8.74. The third-order valence-electron chi connectivity index (χ3n) is 4.34. The quantitative estimate of drug-likeness (QED) is 0.506. The molecule has 0 radical (unpaired) electrons. The molecule has 2 aromatic carbocycles. The van der Waals surface area contributed by atoms with Gasteiger partial charge in [-0.05, 0) is 18.1 Å². The third-order valence-corrected chi connectivity index (χ3v) is 4.34. The van der Waals surface area contributed by atoms with E-state index in [-0.39, 0.29) is 17.9 Å². The summed E-state index contributed by atoms with van der Waals surface area (Å²) in [5.41, 5.74) is 0.339. The van der Waals surface area contributed by atoms with Crippen LogP contribution in [0, 0.1) is 17.0 Å². The molecule has 3 rings (SSSR count). The van der Waals surface area contributed by atoms with Gasteiger partial charge >= 0.3 is 5.69 Å².